The number of benzene rings is 1. The minimum absolute atomic E-state index is 0.0826. The van der Waals surface area contributed by atoms with Gasteiger partial charge in [-0.3, -0.25) is 4.79 Å². The summed E-state index contributed by atoms with van der Waals surface area (Å²) in [5.41, 5.74) is 3.89. The van der Waals surface area contributed by atoms with Crippen LogP contribution in [-0.4, -0.2) is 10.5 Å². The number of carbonyl (C=O) groups is 1. The van der Waals surface area contributed by atoms with Gasteiger partial charge in [0.25, 0.3) is 5.91 Å². The molecule has 1 heterocycles. The van der Waals surface area contributed by atoms with Crippen molar-refractivity contribution in [3.05, 3.63) is 53.3 Å². The van der Waals surface area contributed by atoms with Gasteiger partial charge in [0.2, 0.25) is 0 Å². The number of anilines is 1. The summed E-state index contributed by atoms with van der Waals surface area (Å²) in [6, 6.07) is 9.57. The van der Waals surface area contributed by atoms with Gasteiger partial charge < -0.3 is 9.88 Å². The van der Waals surface area contributed by atoms with E-state index in [1.54, 1.807) is 10.6 Å². The highest BCUT2D eigenvalue weighted by Gasteiger charge is 2.08. The van der Waals surface area contributed by atoms with Gasteiger partial charge in [-0.05, 0) is 49.2 Å². The number of hydrogen-bond donors (Lipinski definition) is 1. The Labute approximate surface area is 101 Å². The molecular weight excluding hydrogens is 212 g/mol. The zero-order chi connectivity index (χ0) is 12.4. The van der Waals surface area contributed by atoms with E-state index in [2.05, 4.69) is 12.2 Å². The molecule has 0 spiro atoms. The first kappa shape index (κ1) is 11.5. The molecule has 0 aliphatic rings. The summed E-state index contributed by atoms with van der Waals surface area (Å²) < 4.78 is 1.80. The van der Waals surface area contributed by atoms with Crippen LogP contribution >= 0.6 is 0 Å². The lowest BCUT2D eigenvalue weighted by molar-refractivity contribution is 0.101. The molecule has 1 aromatic heterocycles. The zero-order valence-electron chi connectivity index (χ0n) is 10.3. The summed E-state index contributed by atoms with van der Waals surface area (Å²) in [7, 11) is 1.86. The Balaban J connectivity index is 2.19. The number of rotatable bonds is 2. The van der Waals surface area contributed by atoms with Crippen LogP contribution in [-0.2, 0) is 7.05 Å². The van der Waals surface area contributed by atoms with Crippen LogP contribution in [0, 0.1) is 13.8 Å². The fourth-order valence-electron chi connectivity index (χ4n) is 1.71. The molecule has 3 nitrogen and oxygen atoms in total. The number of aromatic nitrogens is 1. The molecule has 0 aliphatic heterocycles. The third-order valence-electron chi connectivity index (χ3n) is 2.94. The molecule has 0 unspecified atom stereocenters. The minimum Gasteiger partial charge on any atom is -0.347 e. The zero-order valence-corrected chi connectivity index (χ0v) is 10.3. The summed E-state index contributed by atoms with van der Waals surface area (Å²) in [6.07, 6.45) is 1.86. The molecule has 2 rings (SSSR count). The van der Waals surface area contributed by atoms with Crippen molar-refractivity contribution in [2.75, 3.05) is 5.32 Å². The van der Waals surface area contributed by atoms with Crippen molar-refractivity contribution < 1.29 is 4.79 Å². The van der Waals surface area contributed by atoms with Gasteiger partial charge in [0.05, 0.1) is 0 Å². The molecule has 88 valence electrons. The first-order valence-electron chi connectivity index (χ1n) is 5.58. The van der Waals surface area contributed by atoms with Gasteiger partial charge in [0.15, 0.2) is 0 Å². The molecule has 0 fully saturated rings. The lowest BCUT2D eigenvalue weighted by Crippen LogP contribution is -2.15. The largest absolute Gasteiger partial charge is 0.347 e. The fraction of sp³-hybridized carbons (Fsp3) is 0.214. The van der Waals surface area contributed by atoms with Crippen LogP contribution in [0.1, 0.15) is 21.6 Å². The van der Waals surface area contributed by atoms with E-state index < -0.39 is 0 Å². The molecule has 3 heteroatoms. The second-order valence-electron chi connectivity index (χ2n) is 4.26. The average Bonchev–Trinajstić information content (AvgIpc) is 2.70. The molecule has 17 heavy (non-hydrogen) atoms. The average molecular weight is 228 g/mol. The summed E-state index contributed by atoms with van der Waals surface area (Å²) in [4.78, 5) is 12.0. The van der Waals surface area contributed by atoms with Gasteiger partial charge >= 0.3 is 0 Å². The van der Waals surface area contributed by atoms with E-state index in [0.717, 1.165) is 5.69 Å². The predicted octanol–water partition coefficient (Wildman–Crippen LogP) is 2.89. The molecule has 0 bridgehead atoms. The normalized spacial score (nSPS) is 10.3. The Hall–Kier alpha value is -2.03. The van der Waals surface area contributed by atoms with E-state index in [0.29, 0.717) is 5.69 Å². The molecule has 0 aliphatic carbocycles. The van der Waals surface area contributed by atoms with Crippen molar-refractivity contribution in [2.24, 2.45) is 7.05 Å². The molecule has 0 atom stereocenters. The predicted molar refractivity (Wildman–Crippen MR) is 69.3 cm³/mol. The molecule has 0 radical (unpaired) electrons. The minimum atomic E-state index is -0.0826. The highest BCUT2D eigenvalue weighted by atomic mass is 16.1. The van der Waals surface area contributed by atoms with Crippen LogP contribution < -0.4 is 5.32 Å². The quantitative estimate of drug-likeness (QED) is 0.842. The first-order valence-corrected chi connectivity index (χ1v) is 5.58. The lowest BCUT2D eigenvalue weighted by Gasteiger charge is -2.08. The molecule has 1 N–H and O–H groups in total. The van der Waals surface area contributed by atoms with Crippen molar-refractivity contribution in [1.29, 1.82) is 0 Å². The van der Waals surface area contributed by atoms with Gasteiger partial charge in [-0.2, -0.15) is 0 Å². The number of nitrogens with one attached hydrogen (secondary N) is 1. The van der Waals surface area contributed by atoms with Crippen molar-refractivity contribution >= 4 is 11.6 Å². The summed E-state index contributed by atoms with van der Waals surface area (Å²) in [6.45, 7) is 4.09. The molecule has 0 saturated heterocycles. The number of aryl methyl sites for hydroxylation is 3. The first-order chi connectivity index (χ1) is 8.08. The third-order valence-corrected chi connectivity index (χ3v) is 2.94. The number of nitrogens with zero attached hydrogens (tertiary/aromatic N) is 1. The van der Waals surface area contributed by atoms with Crippen LogP contribution in [0.5, 0.6) is 0 Å². The molecule has 2 aromatic rings. The van der Waals surface area contributed by atoms with Crippen molar-refractivity contribution in [3.63, 3.8) is 0 Å². The Morgan fingerprint density at radius 3 is 2.53 bits per heavy atom. The molecule has 1 aromatic carbocycles. The van der Waals surface area contributed by atoms with Crippen LogP contribution in [0.25, 0.3) is 0 Å². The van der Waals surface area contributed by atoms with E-state index in [-0.39, 0.29) is 5.91 Å². The third kappa shape index (κ3) is 2.38. The van der Waals surface area contributed by atoms with Crippen molar-refractivity contribution in [2.45, 2.75) is 13.8 Å². The highest BCUT2D eigenvalue weighted by Crippen LogP contribution is 2.15. The standard InChI is InChI=1S/C14H16N2O/c1-10-6-7-12(9-11(10)2)15-14(17)13-5-4-8-16(13)3/h4-9H,1-3H3,(H,15,17). The van der Waals surface area contributed by atoms with Gasteiger partial charge in [-0.1, -0.05) is 6.07 Å². The van der Waals surface area contributed by atoms with Gasteiger partial charge in [0, 0.05) is 18.9 Å². The number of amides is 1. The molecular formula is C14H16N2O. The van der Waals surface area contributed by atoms with E-state index in [1.807, 2.05) is 44.4 Å². The summed E-state index contributed by atoms with van der Waals surface area (Å²) >= 11 is 0. The fourth-order valence-corrected chi connectivity index (χ4v) is 1.71. The maximum Gasteiger partial charge on any atom is 0.272 e. The Morgan fingerprint density at radius 1 is 1.18 bits per heavy atom. The van der Waals surface area contributed by atoms with Gasteiger partial charge in [0.1, 0.15) is 5.69 Å². The monoisotopic (exact) mass is 228 g/mol. The second-order valence-corrected chi connectivity index (χ2v) is 4.26. The second kappa shape index (κ2) is 4.45. The highest BCUT2D eigenvalue weighted by molar-refractivity contribution is 6.03. The Kier molecular flexibility index (Phi) is 3.00. The van der Waals surface area contributed by atoms with Crippen LogP contribution in [0.2, 0.25) is 0 Å². The van der Waals surface area contributed by atoms with Gasteiger partial charge in [-0.25, -0.2) is 0 Å². The van der Waals surface area contributed by atoms with E-state index in [9.17, 15) is 4.79 Å². The van der Waals surface area contributed by atoms with Crippen molar-refractivity contribution in [1.82, 2.24) is 4.57 Å². The maximum absolute atomic E-state index is 12.0. The Morgan fingerprint density at radius 2 is 1.94 bits per heavy atom. The van der Waals surface area contributed by atoms with Crippen molar-refractivity contribution in [3.8, 4) is 0 Å². The smallest absolute Gasteiger partial charge is 0.272 e. The number of hydrogen-bond acceptors (Lipinski definition) is 1. The maximum atomic E-state index is 12.0. The summed E-state index contributed by atoms with van der Waals surface area (Å²) in [5, 5.41) is 2.89. The van der Waals surface area contributed by atoms with E-state index >= 15 is 0 Å². The topological polar surface area (TPSA) is 34.0 Å². The van der Waals surface area contributed by atoms with E-state index in [4.69, 9.17) is 0 Å². The van der Waals surface area contributed by atoms with Crippen LogP contribution in [0.4, 0.5) is 5.69 Å². The summed E-state index contributed by atoms with van der Waals surface area (Å²) in [5.74, 6) is -0.0826. The van der Waals surface area contributed by atoms with Crippen LogP contribution in [0.15, 0.2) is 36.5 Å². The SMILES string of the molecule is Cc1ccc(NC(=O)c2cccn2C)cc1C. The Bertz CT molecular complexity index is 555. The van der Waals surface area contributed by atoms with E-state index in [1.165, 1.54) is 11.1 Å². The van der Waals surface area contributed by atoms with Crippen LogP contribution in [0.3, 0.4) is 0 Å². The molecule has 0 saturated carbocycles. The lowest BCUT2D eigenvalue weighted by atomic mass is 10.1. The number of carbonyl (C=O) groups excluding carboxylic acids is 1. The molecule has 1 amide bonds. The van der Waals surface area contributed by atoms with Gasteiger partial charge in [-0.15, -0.1) is 0 Å².